The van der Waals surface area contributed by atoms with Gasteiger partial charge >= 0.3 is 5.82 Å². The highest BCUT2D eigenvalue weighted by molar-refractivity contribution is 8.03. The monoisotopic (exact) mass is 373 g/mol. The highest BCUT2D eigenvalue weighted by Crippen LogP contribution is 2.38. The molecule has 0 N–H and O–H groups in total. The van der Waals surface area contributed by atoms with Crippen molar-refractivity contribution >= 4 is 57.0 Å². The molecule has 3 aromatic rings. The van der Waals surface area contributed by atoms with Crippen LogP contribution in [-0.2, 0) is 0 Å². The number of nitro groups is 1. The molecule has 0 aromatic carbocycles. The third-order valence-corrected chi connectivity index (χ3v) is 6.75. The summed E-state index contributed by atoms with van der Waals surface area (Å²) in [7, 11) is 0. The summed E-state index contributed by atoms with van der Waals surface area (Å²) >= 11 is 5.65. The third-order valence-electron chi connectivity index (χ3n) is 2.49. The fourth-order valence-corrected chi connectivity index (χ4v) is 5.38. The minimum Gasteiger partial charge on any atom is -0.358 e. The molecule has 0 radical (unpaired) electrons. The fraction of sp³-hybridized carbons (Fsp3) is 0.364. The Labute approximate surface area is 142 Å². The first-order valence-corrected chi connectivity index (χ1v) is 9.78. The van der Waals surface area contributed by atoms with E-state index in [4.69, 9.17) is 0 Å². The van der Waals surface area contributed by atoms with Gasteiger partial charge in [-0.25, -0.2) is 0 Å². The summed E-state index contributed by atoms with van der Waals surface area (Å²) in [6, 6.07) is 0. The van der Waals surface area contributed by atoms with Gasteiger partial charge in [0.2, 0.25) is 5.03 Å². The fourth-order valence-electron chi connectivity index (χ4n) is 1.61. The van der Waals surface area contributed by atoms with Crippen LogP contribution < -0.4 is 0 Å². The van der Waals surface area contributed by atoms with Gasteiger partial charge in [0, 0.05) is 11.1 Å². The molecule has 3 heterocycles. The second-order valence-corrected chi connectivity index (χ2v) is 9.05. The van der Waals surface area contributed by atoms with Gasteiger partial charge in [0.25, 0.3) is 4.96 Å². The van der Waals surface area contributed by atoms with Crippen molar-refractivity contribution in [2.24, 2.45) is 5.92 Å². The Kier molecular flexibility index (Phi) is 4.66. The van der Waals surface area contributed by atoms with Gasteiger partial charge in [-0.1, -0.05) is 48.3 Å². The SMILES string of the molecule is CC(C)CSc1nnc(Sc2nc3sccn3c2[N+](=O)[O-])s1. The maximum atomic E-state index is 11.3. The number of thioether (sulfide) groups is 1. The predicted molar refractivity (Wildman–Crippen MR) is 89.3 cm³/mol. The first kappa shape index (κ1) is 15.7. The highest BCUT2D eigenvalue weighted by atomic mass is 32.2. The van der Waals surface area contributed by atoms with E-state index in [9.17, 15) is 10.1 Å². The third kappa shape index (κ3) is 3.26. The van der Waals surface area contributed by atoms with Crippen molar-refractivity contribution in [2.45, 2.75) is 27.6 Å². The van der Waals surface area contributed by atoms with Crippen LogP contribution in [0.1, 0.15) is 13.8 Å². The van der Waals surface area contributed by atoms with E-state index in [1.807, 2.05) is 0 Å². The Bertz CT molecular complexity index is 808. The average Bonchev–Trinajstić information content (AvgIpc) is 3.11. The van der Waals surface area contributed by atoms with Crippen LogP contribution in [0.25, 0.3) is 4.96 Å². The molecule has 0 fully saturated rings. The number of thiazole rings is 1. The maximum absolute atomic E-state index is 11.3. The van der Waals surface area contributed by atoms with Gasteiger partial charge < -0.3 is 10.1 Å². The van der Waals surface area contributed by atoms with Crippen LogP contribution in [0.4, 0.5) is 5.82 Å². The zero-order valence-electron chi connectivity index (χ0n) is 11.6. The normalized spacial score (nSPS) is 11.6. The van der Waals surface area contributed by atoms with Crippen LogP contribution in [0.3, 0.4) is 0 Å². The second kappa shape index (κ2) is 6.52. The number of aromatic nitrogens is 4. The van der Waals surface area contributed by atoms with Crippen LogP contribution in [-0.4, -0.2) is 30.3 Å². The zero-order valence-corrected chi connectivity index (χ0v) is 14.9. The Balaban J connectivity index is 1.82. The first-order valence-electron chi connectivity index (χ1n) is 6.28. The minimum absolute atomic E-state index is 0.0205. The van der Waals surface area contributed by atoms with Crippen molar-refractivity contribution in [1.29, 1.82) is 0 Å². The van der Waals surface area contributed by atoms with E-state index < -0.39 is 4.92 Å². The minimum atomic E-state index is -0.412. The quantitative estimate of drug-likeness (QED) is 0.366. The van der Waals surface area contributed by atoms with Crippen molar-refractivity contribution < 1.29 is 4.92 Å². The van der Waals surface area contributed by atoms with Crippen LogP contribution in [0.5, 0.6) is 0 Å². The molecule has 0 saturated carbocycles. The molecule has 0 spiro atoms. The average molecular weight is 374 g/mol. The first-order chi connectivity index (χ1) is 10.5. The molecule has 0 aliphatic rings. The van der Waals surface area contributed by atoms with E-state index in [2.05, 4.69) is 29.0 Å². The lowest BCUT2D eigenvalue weighted by Gasteiger charge is -1.98. The van der Waals surface area contributed by atoms with Crippen LogP contribution in [0.2, 0.25) is 0 Å². The van der Waals surface area contributed by atoms with E-state index >= 15 is 0 Å². The molecule has 7 nitrogen and oxygen atoms in total. The molecule has 0 amide bonds. The van der Waals surface area contributed by atoms with Crippen molar-refractivity contribution in [2.75, 3.05) is 5.75 Å². The number of hydrogen-bond acceptors (Lipinski definition) is 9. The summed E-state index contributed by atoms with van der Waals surface area (Å²) in [5.74, 6) is 1.53. The Morgan fingerprint density at radius 3 is 2.91 bits per heavy atom. The van der Waals surface area contributed by atoms with E-state index in [1.54, 1.807) is 23.3 Å². The smallest absolute Gasteiger partial charge is 0.358 e. The van der Waals surface area contributed by atoms with Gasteiger partial charge in [0.1, 0.15) is 6.20 Å². The molecular formula is C11H11N5O2S4. The predicted octanol–water partition coefficient (Wildman–Crippen LogP) is 4.05. The van der Waals surface area contributed by atoms with Gasteiger partial charge in [0.05, 0.1) is 0 Å². The van der Waals surface area contributed by atoms with E-state index in [0.29, 0.717) is 20.2 Å². The number of rotatable bonds is 6. The lowest BCUT2D eigenvalue weighted by atomic mass is 10.3. The number of hydrogen-bond donors (Lipinski definition) is 0. The number of nitrogens with zero attached hydrogens (tertiary/aromatic N) is 5. The molecule has 0 unspecified atom stereocenters. The summed E-state index contributed by atoms with van der Waals surface area (Å²) < 4.78 is 3.03. The van der Waals surface area contributed by atoms with Gasteiger partial charge in [0.15, 0.2) is 8.68 Å². The molecule has 22 heavy (non-hydrogen) atoms. The van der Waals surface area contributed by atoms with E-state index in [-0.39, 0.29) is 5.82 Å². The Morgan fingerprint density at radius 1 is 1.41 bits per heavy atom. The van der Waals surface area contributed by atoms with Gasteiger partial charge in [-0.2, -0.15) is 9.38 Å². The summed E-state index contributed by atoms with van der Waals surface area (Å²) in [6.07, 6.45) is 1.65. The molecule has 116 valence electrons. The Morgan fingerprint density at radius 2 is 2.18 bits per heavy atom. The van der Waals surface area contributed by atoms with Gasteiger partial charge in [-0.3, -0.25) is 0 Å². The summed E-state index contributed by atoms with van der Waals surface area (Å²) in [5, 5.41) is 21.6. The molecule has 0 aliphatic heterocycles. The molecule has 11 heteroatoms. The summed E-state index contributed by atoms with van der Waals surface area (Å²) in [6.45, 7) is 4.29. The summed E-state index contributed by atoms with van der Waals surface area (Å²) in [5.41, 5.74) is 0. The van der Waals surface area contributed by atoms with Crippen LogP contribution in [0, 0.1) is 16.0 Å². The lowest BCUT2D eigenvalue weighted by Crippen LogP contribution is -1.93. The standard InChI is InChI=1S/C11H11N5O2S4/c1-6(2)5-20-10-13-14-11(22-10)21-7-8(16(17)18)15-3-4-19-9(15)12-7/h3-4,6H,5H2,1-2H3. The topological polar surface area (TPSA) is 86.2 Å². The van der Waals surface area contributed by atoms with Crippen LogP contribution in [0.15, 0.2) is 25.3 Å². The highest BCUT2D eigenvalue weighted by Gasteiger charge is 2.25. The van der Waals surface area contributed by atoms with Crippen molar-refractivity contribution in [3.63, 3.8) is 0 Å². The molecular weight excluding hydrogens is 362 g/mol. The molecule has 0 aliphatic carbocycles. The maximum Gasteiger partial charge on any atom is 0.363 e. The number of imidazole rings is 1. The molecule has 0 atom stereocenters. The second-order valence-electron chi connectivity index (χ2n) is 4.69. The number of fused-ring (bicyclic) bond motifs is 1. The van der Waals surface area contributed by atoms with Crippen molar-refractivity contribution in [3.05, 3.63) is 21.7 Å². The van der Waals surface area contributed by atoms with Crippen molar-refractivity contribution in [3.8, 4) is 0 Å². The van der Waals surface area contributed by atoms with E-state index in [0.717, 1.165) is 10.1 Å². The van der Waals surface area contributed by atoms with Crippen LogP contribution >= 0.6 is 46.2 Å². The zero-order chi connectivity index (χ0) is 15.7. The molecule has 3 rings (SSSR count). The van der Waals surface area contributed by atoms with Crippen molar-refractivity contribution in [1.82, 2.24) is 19.6 Å². The molecule has 3 aromatic heterocycles. The Hall–Kier alpha value is -1.17. The summed E-state index contributed by atoms with van der Waals surface area (Å²) in [4.78, 5) is 15.8. The molecule has 0 saturated heterocycles. The van der Waals surface area contributed by atoms with Gasteiger partial charge in [-0.15, -0.1) is 10.2 Å². The van der Waals surface area contributed by atoms with E-state index in [1.165, 1.54) is 38.8 Å². The lowest BCUT2D eigenvalue weighted by molar-refractivity contribution is -0.393. The molecule has 0 bridgehead atoms. The largest absolute Gasteiger partial charge is 0.363 e. The van der Waals surface area contributed by atoms with Gasteiger partial charge in [-0.05, 0) is 22.6 Å².